The third kappa shape index (κ3) is 3.64. The van der Waals surface area contributed by atoms with Gasteiger partial charge in [0.05, 0.1) is 0 Å². The molecule has 1 atom stereocenters. The molecular formula is C31H28. The molecule has 31 heavy (non-hydrogen) atoms. The number of hydrogen-bond acceptors (Lipinski definition) is 0. The van der Waals surface area contributed by atoms with Crippen molar-refractivity contribution in [3.63, 3.8) is 0 Å². The van der Waals surface area contributed by atoms with Gasteiger partial charge in [0, 0.05) is 0 Å². The van der Waals surface area contributed by atoms with Crippen molar-refractivity contribution < 1.29 is 0 Å². The van der Waals surface area contributed by atoms with Crippen molar-refractivity contribution in [2.24, 2.45) is 5.92 Å². The second-order valence-corrected chi connectivity index (χ2v) is 8.54. The van der Waals surface area contributed by atoms with Gasteiger partial charge in [0.2, 0.25) is 0 Å². The maximum absolute atomic E-state index is 2.48. The molecule has 0 aliphatic heterocycles. The van der Waals surface area contributed by atoms with Crippen molar-refractivity contribution in [2.45, 2.75) is 26.7 Å². The molecule has 5 rings (SSSR count). The maximum Gasteiger partial charge on any atom is -0.00237 e. The molecule has 0 spiro atoms. The van der Waals surface area contributed by atoms with Crippen molar-refractivity contribution in [1.29, 1.82) is 0 Å². The standard InChI is InChI=1S/C31H28/c1-3-22(2)26-20-25-18-19-28(24-14-8-5-9-15-24)31(30(25)21-26)29-17-11-10-16-27(29)23-12-6-4-7-13-23/h4-19,21-22H,3,20H2,1-2H3. The van der Waals surface area contributed by atoms with Gasteiger partial charge in [-0.05, 0) is 63.3 Å². The van der Waals surface area contributed by atoms with E-state index in [1.54, 1.807) is 5.57 Å². The molecule has 4 aromatic rings. The Morgan fingerprint density at radius 2 is 1.23 bits per heavy atom. The van der Waals surface area contributed by atoms with Gasteiger partial charge in [-0.25, -0.2) is 0 Å². The van der Waals surface area contributed by atoms with Crippen molar-refractivity contribution >= 4 is 6.08 Å². The Morgan fingerprint density at radius 1 is 0.645 bits per heavy atom. The van der Waals surface area contributed by atoms with Crippen LogP contribution in [0.25, 0.3) is 39.5 Å². The summed E-state index contributed by atoms with van der Waals surface area (Å²) in [5.41, 5.74) is 12.2. The fourth-order valence-corrected chi connectivity index (χ4v) is 4.74. The second-order valence-electron chi connectivity index (χ2n) is 8.54. The molecule has 4 aromatic carbocycles. The van der Waals surface area contributed by atoms with Gasteiger partial charge < -0.3 is 0 Å². The zero-order valence-corrected chi connectivity index (χ0v) is 18.3. The van der Waals surface area contributed by atoms with E-state index in [0.29, 0.717) is 5.92 Å². The van der Waals surface area contributed by atoms with Gasteiger partial charge in [-0.2, -0.15) is 0 Å². The summed E-state index contributed by atoms with van der Waals surface area (Å²) in [5, 5.41) is 0. The lowest BCUT2D eigenvalue weighted by atomic mass is 9.85. The van der Waals surface area contributed by atoms with E-state index in [4.69, 9.17) is 0 Å². The molecule has 0 saturated heterocycles. The molecule has 0 N–H and O–H groups in total. The minimum Gasteiger partial charge on any atom is -0.0648 e. The summed E-state index contributed by atoms with van der Waals surface area (Å²) in [6, 6.07) is 35.1. The van der Waals surface area contributed by atoms with Crippen LogP contribution in [0.1, 0.15) is 31.4 Å². The molecule has 1 aliphatic carbocycles. The number of benzene rings is 4. The van der Waals surface area contributed by atoms with Crippen LogP contribution in [0.4, 0.5) is 0 Å². The summed E-state index contributed by atoms with van der Waals surface area (Å²) in [6.45, 7) is 4.64. The van der Waals surface area contributed by atoms with Crippen molar-refractivity contribution in [3.8, 4) is 33.4 Å². The van der Waals surface area contributed by atoms with E-state index in [1.807, 2.05) is 0 Å². The van der Waals surface area contributed by atoms with E-state index in [1.165, 1.54) is 50.9 Å². The first-order valence-electron chi connectivity index (χ1n) is 11.3. The smallest absolute Gasteiger partial charge is 0.00237 e. The van der Waals surface area contributed by atoms with E-state index >= 15 is 0 Å². The van der Waals surface area contributed by atoms with Crippen LogP contribution in [0, 0.1) is 5.92 Å². The summed E-state index contributed by atoms with van der Waals surface area (Å²) >= 11 is 0. The Kier molecular flexibility index (Phi) is 5.30. The second kappa shape index (κ2) is 8.40. The Hall–Kier alpha value is -3.38. The molecular weight excluding hydrogens is 372 g/mol. The fraction of sp³-hybridized carbons (Fsp3) is 0.161. The van der Waals surface area contributed by atoms with Gasteiger partial charge in [0.25, 0.3) is 0 Å². The highest BCUT2D eigenvalue weighted by molar-refractivity contribution is 5.97. The highest BCUT2D eigenvalue weighted by Gasteiger charge is 2.23. The molecule has 0 aromatic heterocycles. The minimum absolute atomic E-state index is 0.616. The molecule has 0 saturated carbocycles. The number of hydrogen-bond donors (Lipinski definition) is 0. The molecule has 0 amide bonds. The first-order chi connectivity index (χ1) is 15.3. The molecule has 152 valence electrons. The third-order valence-electron chi connectivity index (χ3n) is 6.67. The average molecular weight is 401 g/mol. The highest BCUT2D eigenvalue weighted by Crippen LogP contribution is 2.45. The first kappa shape index (κ1) is 19.6. The van der Waals surface area contributed by atoms with Crippen molar-refractivity contribution in [1.82, 2.24) is 0 Å². The lowest BCUT2D eigenvalue weighted by molar-refractivity contribution is 0.647. The molecule has 0 heterocycles. The number of allylic oxidation sites excluding steroid dienone is 1. The summed E-state index contributed by atoms with van der Waals surface area (Å²) in [6.07, 6.45) is 4.73. The Labute approximate surface area is 185 Å². The van der Waals surface area contributed by atoms with E-state index < -0.39 is 0 Å². The van der Waals surface area contributed by atoms with Crippen LogP contribution in [-0.4, -0.2) is 0 Å². The van der Waals surface area contributed by atoms with E-state index in [-0.39, 0.29) is 0 Å². The quantitative estimate of drug-likeness (QED) is 0.314. The van der Waals surface area contributed by atoms with E-state index in [0.717, 1.165) is 6.42 Å². The van der Waals surface area contributed by atoms with Crippen LogP contribution in [0.3, 0.4) is 0 Å². The summed E-state index contributed by atoms with van der Waals surface area (Å²) in [5.74, 6) is 0.616. The van der Waals surface area contributed by atoms with Crippen LogP contribution in [-0.2, 0) is 6.42 Å². The number of rotatable bonds is 5. The Morgan fingerprint density at radius 3 is 1.87 bits per heavy atom. The number of fused-ring (bicyclic) bond motifs is 1. The minimum atomic E-state index is 0.616. The van der Waals surface area contributed by atoms with Crippen LogP contribution in [0.5, 0.6) is 0 Å². The lowest BCUT2D eigenvalue weighted by Gasteiger charge is -2.18. The van der Waals surface area contributed by atoms with E-state index in [2.05, 4.69) is 117 Å². The monoisotopic (exact) mass is 400 g/mol. The largest absolute Gasteiger partial charge is 0.0648 e. The average Bonchev–Trinajstić information content (AvgIpc) is 3.28. The van der Waals surface area contributed by atoms with Crippen molar-refractivity contribution in [2.75, 3.05) is 0 Å². The third-order valence-corrected chi connectivity index (χ3v) is 6.67. The predicted octanol–water partition coefficient (Wildman–Crippen LogP) is 8.67. The summed E-state index contributed by atoms with van der Waals surface area (Å²) in [4.78, 5) is 0. The molecule has 0 radical (unpaired) electrons. The normalized spacial score (nSPS) is 13.5. The van der Waals surface area contributed by atoms with Gasteiger partial charge in [0.1, 0.15) is 0 Å². The fourth-order valence-electron chi connectivity index (χ4n) is 4.74. The maximum atomic E-state index is 2.48. The SMILES string of the molecule is CCC(C)C1=Cc2c(ccc(-c3ccccc3)c2-c2ccccc2-c2ccccc2)C1. The van der Waals surface area contributed by atoms with Crippen LogP contribution in [0.2, 0.25) is 0 Å². The zero-order valence-electron chi connectivity index (χ0n) is 18.3. The van der Waals surface area contributed by atoms with Gasteiger partial charge >= 0.3 is 0 Å². The lowest BCUT2D eigenvalue weighted by Crippen LogP contribution is -1.97. The first-order valence-corrected chi connectivity index (χ1v) is 11.3. The topological polar surface area (TPSA) is 0 Å². The van der Waals surface area contributed by atoms with Crippen molar-refractivity contribution in [3.05, 3.63) is 114 Å². The molecule has 0 fully saturated rings. The summed E-state index contributed by atoms with van der Waals surface area (Å²) < 4.78 is 0. The summed E-state index contributed by atoms with van der Waals surface area (Å²) in [7, 11) is 0. The Balaban J connectivity index is 1.80. The van der Waals surface area contributed by atoms with Gasteiger partial charge in [-0.1, -0.05) is 123 Å². The van der Waals surface area contributed by atoms with Crippen LogP contribution in [0.15, 0.2) is 103 Å². The van der Waals surface area contributed by atoms with E-state index in [9.17, 15) is 0 Å². The molecule has 0 heteroatoms. The molecule has 0 bridgehead atoms. The Bertz CT molecular complexity index is 1230. The van der Waals surface area contributed by atoms with Gasteiger partial charge in [-0.15, -0.1) is 0 Å². The van der Waals surface area contributed by atoms with Crippen LogP contribution < -0.4 is 0 Å². The molecule has 1 aliphatic rings. The molecule has 0 nitrogen and oxygen atoms in total. The molecule has 1 unspecified atom stereocenters. The highest BCUT2D eigenvalue weighted by atomic mass is 14.3. The van der Waals surface area contributed by atoms with Gasteiger partial charge in [0.15, 0.2) is 0 Å². The predicted molar refractivity (Wildman–Crippen MR) is 134 cm³/mol. The van der Waals surface area contributed by atoms with Crippen LogP contribution >= 0.6 is 0 Å². The zero-order chi connectivity index (χ0) is 21.2. The van der Waals surface area contributed by atoms with Gasteiger partial charge in [-0.3, -0.25) is 0 Å².